The molecule has 0 spiro atoms. The maximum atomic E-state index is 12.0. The first kappa shape index (κ1) is 20.4. The minimum absolute atomic E-state index is 0.343. The first-order chi connectivity index (χ1) is 13.0. The van der Waals surface area contributed by atoms with E-state index in [0.717, 1.165) is 0 Å². The summed E-state index contributed by atoms with van der Waals surface area (Å²) in [6.07, 6.45) is 0. The van der Waals surface area contributed by atoms with Gasteiger partial charge in [-0.05, 0) is 38.1 Å². The first-order valence-corrected chi connectivity index (χ1v) is 8.79. The summed E-state index contributed by atoms with van der Waals surface area (Å²) in [4.78, 5) is 23.8. The Hall–Kier alpha value is -2.93. The van der Waals surface area contributed by atoms with Gasteiger partial charge in [0.05, 0.1) is 18.2 Å². The van der Waals surface area contributed by atoms with E-state index in [1.807, 2.05) is 13.8 Å². The number of rotatable bonds is 8. The minimum Gasteiger partial charge on any atom is -0.490 e. The maximum Gasteiger partial charge on any atom is 0.325 e. The fourth-order valence-corrected chi connectivity index (χ4v) is 2.35. The highest BCUT2D eigenvalue weighted by Crippen LogP contribution is 2.30. The summed E-state index contributed by atoms with van der Waals surface area (Å²) < 4.78 is 16.2. The van der Waals surface area contributed by atoms with Crippen molar-refractivity contribution in [3.05, 3.63) is 47.5 Å². The Kier molecular flexibility index (Phi) is 7.76. The van der Waals surface area contributed by atoms with Crippen molar-refractivity contribution >= 4 is 29.2 Å². The summed E-state index contributed by atoms with van der Waals surface area (Å²) in [6.45, 7) is 4.32. The maximum absolute atomic E-state index is 12.0. The van der Waals surface area contributed by atoms with Crippen molar-refractivity contribution < 1.29 is 23.8 Å². The second kappa shape index (κ2) is 10.3. The van der Waals surface area contributed by atoms with E-state index in [1.54, 1.807) is 42.5 Å². The number of urea groups is 1. The lowest BCUT2D eigenvalue weighted by molar-refractivity contribution is -0.121. The Bertz CT molecular complexity index is 797. The van der Waals surface area contributed by atoms with Crippen LogP contribution in [-0.2, 0) is 4.79 Å². The quantitative estimate of drug-likeness (QED) is 0.712. The summed E-state index contributed by atoms with van der Waals surface area (Å²) in [7, 11) is 0. The van der Waals surface area contributed by atoms with Gasteiger partial charge >= 0.3 is 6.03 Å². The van der Waals surface area contributed by atoms with Crippen LogP contribution < -0.4 is 24.8 Å². The summed E-state index contributed by atoms with van der Waals surface area (Å²) in [5.74, 6) is 0.839. The summed E-state index contributed by atoms with van der Waals surface area (Å²) in [5, 5.41) is 5.12. The largest absolute Gasteiger partial charge is 0.490 e. The standard InChI is InChI=1S/C19H21ClN2O5/c1-3-25-16-10-9-13(11-17(16)26-4-2)21-19(24)22-18(23)12-27-15-8-6-5-7-14(15)20/h5-11H,3-4,12H2,1-2H3,(H2,21,22,23,24). The van der Waals surface area contributed by atoms with E-state index in [0.29, 0.717) is 41.2 Å². The summed E-state index contributed by atoms with van der Waals surface area (Å²) in [6, 6.07) is 11.0. The molecule has 27 heavy (non-hydrogen) atoms. The van der Waals surface area contributed by atoms with Gasteiger partial charge in [0, 0.05) is 11.8 Å². The van der Waals surface area contributed by atoms with E-state index in [9.17, 15) is 9.59 Å². The van der Waals surface area contributed by atoms with Crippen molar-refractivity contribution in [1.82, 2.24) is 5.32 Å². The van der Waals surface area contributed by atoms with Crippen LogP contribution >= 0.6 is 11.6 Å². The van der Waals surface area contributed by atoms with Crippen LogP contribution in [-0.4, -0.2) is 31.8 Å². The van der Waals surface area contributed by atoms with Crippen LogP contribution in [0.4, 0.5) is 10.5 Å². The number of imide groups is 1. The lowest BCUT2D eigenvalue weighted by Crippen LogP contribution is -2.37. The number of benzene rings is 2. The van der Waals surface area contributed by atoms with E-state index >= 15 is 0 Å². The highest BCUT2D eigenvalue weighted by atomic mass is 35.5. The SMILES string of the molecule is CCOc1ccc(NC(=O)NC(=O)COc2ccccc2Cl)cc1OCC. The molecule has 0 aliphatic heterocycles. The fraction of sp³-hybridized carbons (Fsp3) is 0.263. The third-order valence-electron chi connectivity index (χ3n) is 3.25. The molecule has 0 aliphatic rings. The molecule has 0 fully saturated rings. The lowest BCUT2D eigenvalue weighted by Gasteiger charge is -2.13. The lowest BCUT2D eigenvalue weighted by atomic mass is 10.2. The fourth-order valence-electron chi connectivity index (χ4n) is 2.16. The predicted octanol–water partition coefficient (Wildman–Crippen LogP) is 3.86. The molecule has 0 unspecified atom stereocenters. The van der Waals surface area contributed by atoms with Crippen LogP contribution in [0.25, 0.3) is 0 Å². The smallest absolute Gasteiger partial charge is 0.325 e. The van der Waals surface area contributed by atoms with Gasteiger partial charge in [0.25, 0.3) is 5.91 Å². The number of amides is 3. The van der Waals surface area contributed by atoms with Gasteiger partial charge in [0.1, 0.15) is 5.75 Å². The van der Waals surface area contributed by atoms with Gasteiger partial charge in [-0.15, -0.1) is 0 Å². The predicted molar refractivity (Wildman–Crippen MR) is 103 cm³/mol. The van der Waals surface area contributed by atoms with E-state index in [2.05, 4.69) is 10.6 Å². The number of hydrogen-bond acceptors (Lipinski definition) is 5. The number of para-hydroxylation sites is 1. The molecule has 0 heterocycles. The van der Waals surface area contributed by atoms with E-state index in [1.165, 1.54) is 0 Å². The highest BCUT2D eigenvalue weighted by molar-refractivity contribution is 6.32. The molecule has 0 atom stereocenters. The molecule has 8 heteroatoms. The molecular formula is C19H21ClN2O5. The second-order valence-electron chi connectivity index (χ2n) is 5.25. The average Bonchev–Trinajstić information content (AvgIpc) is 2.63. The van der Waals surface area contributed by atoms with Gasteiger partial charge in [0.15, 0.2) is 18.1 Å². The van der Waals surface area contributed by atoms with Crippen LogP contribution in [0.2, 0.25) is 5.02 Å². The van der Waals surface area contributed by atoms with E-state index in [4.69, 9.17) is 25.8 Å². The van der Waals surface area contributed by atoms with Gasteiger partial charge in [-0.2, -0.15) is 0 Å². The topological polar surface area (TPSA) is 85.9 Å². The number of anilines is 1. The molecule has 0 saturated carbocycles. The molecule has 0 aliphatic carbocycles. The molecule has 0 radical (unpaired) electrons. The van der Waals surface area contributed by atoms with Crippen LogP contribution in [0.3, 0.4) is 0 Å². The molecule has 2 aromatic carbocycles. The Labute approximate surface area is 162 Å². The molecular weight excluding hydrogens is 372 g/mol. The van der Waals surface area contributed by atoms with E-state index in [-0.39, 0.29) is 6.61 Å². The number of halogens is 1. The normalized spacial score (nSPS) is 10.0. The zero-order valence-corrected chi connectivity index (χ0v) is 15.8. The van der Waals surface area contributed by atoms with Crippen molar-refractivity contribution in [1.29, 1.82) is 0 Å². The van der Waals surface area contributed by atoms with Gasteiger partial charge in [0.2, 0.25) is 0 Å². The Morgan fingerprint density at radius 2 is 1.63 bits per heavy atom. The second-order valence-corrected chi connectivity index (χ2v) is 5.66. The van der Waals surface area contributed by atoms with Gasteiger partial charge in [-0.1, -0.05) is 23.7 Å². The van der Waals surface area contributed by atoms with Crippen LogP contribution in [0, 0.1) is 0 Å². The molecule has 144 valence electrons. The van der Waals surface area contributed by atoms with Crippen molar-refractivity contribution in [3.8, 4) is 17.2 Å². The summed E-state index contributed by atoms with van der Waals surface area (Å²) >= 11 is 5.94. The molecule has 7 nitrogen and oxygen atoms in total. The molecule has 2 N–H and O–H groups in total. The number of carbonyl (C=O) groups is 2. The number of hydrogen-bond donors (Lipinski definition) is 2. The average molecular weight is 393 g/mol. The van der Waals surface area contributed by atoms with Crippen LogP contribution in [0.1, 0.15) is 13.8 Å². The molecule has 0 saturated heterocycles. The zero-order chi connectivity index (χ0) is 19.6. The van der Waals surface area contributed by atoms with Crippen LogP contribution in [0.5, 0.6) is 17.2 Å². The third-order valence-corrected chi connectivity index (χ3v) is 3.56. The molecule has 0 bridgehead atoms. The van der Waals surface area contributed by atoms with Crippen molar-refractivity contribution in [3.63, 3.8) is 0 Å². The monoisotopic (exact) mass is 392 g/mol. The first-order valence-electron chi connectivity index (χ1n) is 8.41. The molecule has 2 aromatic rings. The van der Waals surface area contributed by atoms with Crippen molar-refractivity contribution in [2.75, 3.05) is 25.1 Å². The van der Waals surface area contributed by atoms with Gasteiger partial charge in [-0.3, -0.25) is 10.1 Å². The highest BCUT2D eigenvalue weighted by Gasteiger charge is 2.12. The van der Waals surface area contributed by atoms with Gasteiger partial charge < -0.3 is 19.5 Å². The Balaban J connectivity index is 1.90. The third kappa shape index (κ3) is 6.38. The van der Waals surface area contributed by atoms with Crippen molar-refractivity contribution in [2.24, 2.45) is 0 Å². The molecule has 0 aromatic heterocycles. The van der Waals surface area contributed by atoms with Gasteiger partial charge in [-0.25, -0.2) is 4.79 Å². The number of carbonyl (C=O) groups excluding carboxylic acids is 2. The van der Waals surface area contributed by atoms with E-state index < -0.39 is 11.9 Å². The minimum atomic E-state index is -0.686. The molecule has 3 amide bonds. The zero-order valence-electron chi connectivity index (χ0n) is 15.1. The van der Waals surface area contributed by atoms with Crippen molar-refractivity contribution in [2.45, 2.75) is 13.8 Å². The number of ether oxygens (including phenoxy) is 3. The number of nitrogens with one attached hydrogen (secondary N) is 2. The Morgan fingerprint density at radius 1 is 0.926 bits per heavy atom. The van der Waals surface area contributed by atoms with Crippen LogP contribution in [0.15, 0.2) is 42.5 Å². The summed E-state index contributed by atoms with van der Waals surface area (Å²) in [5.41, 5.74) is 0.458. The molecule has 2 rings (SSSR count). The Morgan fingerprint density at radius 3 is 2.33 bits per heavy atom.